The van der Waals surface area contributed by atoms with Gasteiger partial charge in [0, 0.05) is 18.6 Å². The third-order valence-corrected chi connectivity index (χ3v) is 3.87. The SMILES string of the molecule is Cc1ccccc1CC(NN)C1CCOC1C. The molecule has 1 heterocycles. The number of hydrazine groups is 1. The first kappa shape index (κ1) is 12.6. The summed E-state index contributed by atoms with van der Waals surface area (Å²) in [6.45, 7) is 5.15. The molecule has 0 saturated carbocycles. The topological polar surface area (TPSA) is 47.3 Å². The van der Waals surface area contributed by atoms with Gasteiger partial charge >= 0.3 is 0 Å². The van der Waals surface area contributed by atoms with Crippen molar-refractivity contribution in [2.45, 2.75) is 38.8 Å². The van der Waals surface area contributed by atoms with Gasteiger partial charge in [-0.1, -0.05) is 24.3 Å². The van der Waals surface area contributed by atoms with Crippen LogP contribution in [0.3, 0.4) is 0 Å². The van der Waals surface area contributed by atoms with E-state index in [1.165, 1.54) is 11.1 Å². The van der Waals surface area contributed by atoms with E-state index in [0.717, 1.165) is 19.4 Å². The molecular formula is C14H22N2O. The number of nitrogens with one attached hydrogen (secondary N) is 1. The maximum Gasteiger partial charge on any atom is 0.0591 e. The highest BCUT2D eigenvalue weighted by molar-refractivity contribution is 5.26. The Morgan fingerprint density at radius 2 is 2.24 bits per heavy atom. The smallest absolute Gasteiger partial charge is 0.0591 e. The van der Waals surface area contributed by atoms with Crippen LogP contribution in [0.1, 0.15) is 24.5 Å². The summed E-state index contributed by atoms with van der Waals surface area (Å²) in [6, 6.07) is 8.79. The Labute approximate surface area is 103 Å². The third-order valence-electron chi connectivity index (χ3n) is 3.87. The van der Waals surface area contributed by atoms with Crippen LogP contribution in [-0.2, 0) is 11.2 Å². The molecule has 1 aliphatic rings. The van der Waals surface area contributed by atoms with E-state index in [9.17, 15) is 0 Å². The Morgan fingerprint density at radius 1 is 1.47 bits per heavy atom. The average molecular weight is 234 g/mol. The van der Waals surface area contributed by atoms with Crippen LogP contribution in [0.4, 0.5) is 0 Å². The molecular weight excluding hydrogens is 212 g/mol. The maximum absolute atomic E-state index is 5.71. The molecule has 3 N–H and O–H groups in total. The predicted octanol–water partition coefficient (Wildman–Crippen LogP) is 1.79. The molecule has 2 rings (SSSR count). The van der Waals surface area contributed by atoms with E-state index in [0.29, 0.717) is 18.1 Å². The second kappa shape index (κ2) is 5.63. The quantitative estimate of drug-likeness (QED) is 0.617. The van der Waals surface area contributed by atoms with Crippen molar-refractivity contribution in [2.75, 3.05) is 6.61 Å². The van der Waals surface area contributed by atoms with Gasteiger partial charge in [-0.15, -0.1) is 0 Å². The zero-order valence-electron chi connectivity index (χ0n) is 10.6. The van der Waals surface area contributed by atoms with Crippen LogP contribution in [0.25, 0.3) is 0 Å². The molecule has 3 nitrogen and oxygen atoms in total. The molecule has 3 heteroatoms. The number of nitrogens with two attached hydrogens (primary N) is 1. The number of hydrogen-bond donors (Lipinski definition) is 2. The van der Waals surface area contributed by atoms with E-state index < -0.39 is 0 Å². The first-order chi connectivity index (χ1) is 8.22. The molecule has 0 aromatic heterocycles. The van der Waals surface area contributed by atoms with Crippen LogP contribution in [-0.4, -0.2) is 18.8 Å². The Morgan fingerprint density at radius 3 is 2.82 bits per heavy atom. The van der Waals surface area contributed by atoms with Crippen molar-refractivity contribution in [3.8, 4) is 0 Å². The van der Waals surface area contributed by atoms with E-state index >= 15 is 0 Å². The molecule has 0 aliphatic carbocycles. The van der Waals surface area contributed by atoms with Crippen molar-refractivity contribution in [3.05, 3.63) is 35.4 Å². The summed E-state index contributed by atoms with van der Waals surface area (Å²) >= 11 is 0. The minimum absolute atomic E-state index is 0.300. The molecule has 17 heavy (non-hydrogen) atoms. The van der Waals surface area contributed by atoms with Gasteiger partial charge in [-0.2, -0.15) is 0 Å². The van der Waals surface area contributed by atoms with Gasteiger partial charge in [-0.25, -0.2) is 0 Å². The van der Waals surface area contributed by atoms with Gasteiger partial charge in [0.2, 0.25) is 0 Å². The fraction of sp³-hybridized carbons (Fsp3) is 0.571. The number of benzene rings is 1. The summed E-state index contributed by atoms with van der Waals surface area (Å²) < 4.78 is 5.62. The van der Waals surface area contributed by atoms with Gasteiger partial charge in [0.05, 0.1) is 6.10 Å². The summed E-state index contributed by atoms with van der Waals surface area (Å²) in [7, 11) is 0. The Hall–Kier alpha value is -0.900. The molecule has 1 aromatic rings. The molecule has 0 radical (unpaired) electrons. The molecule has 3 unspecified atom stereocenters. The van der Waals surface area contributed by atoms with Crippen molar-refractivity contribution < 1.29 is 4.74 Å². The monoisotopic (exact) mass is 234 g/mol. The molecule has 1 aliphatic heterocycles. The number of hydrogen-bond acceptors (Lipinski definition) is 3. The fourth-order valence-electron chi connectivity index (χ4n) is 2.69. The zero-order valence-corrected chi connectivity index (χ0v) is 10.6. The van der Waals surface area contributed by atoms with Gasteiger partial charge in [0.15, 0.2) is 0 Å². The van der Waals surface area contributed by atoms with Gasteiger partial charge in [0.1, 0.15) is 0 Å². The molecule has 1 saturated heterocycles. The minimum Gasteiger partial charge on any atom is -0.378 e. The van der Waals surface area contributed by atoms with Crippen LogP contribution in [0.5, 0.6) is 0 Å². The van der Waals surface area contributed by atoms with Crippen molar-refractivity contribution >= 4 is 0 Å². The highest BCUT2D eigenvalue weighted by Gasteiger charge is 2.31. The Bertz CT molecular complexity index is 367. The first-order valence-electron chi connectivity index (χ1n) is 6.34. The molecule has 0 bridgehead atoms. The van der Waals surface area contributed by atoms with Crippen molar-refractivity contribution in [1.82, 2.24) is 5.43 Å². The van der Waals surface area contributed by atoms with Gasteiger partial charge < -0.3 is 4.74 Å². The highest BCUT2D eigenvalue weighted by atomic mass is 16.5. The number of rotatable bonds is 4. The molecule has 3 atom stereocenters. The van der Waals surface area contributed by atoms with Gasteiger partial charge in [-0.05, 0) is 37.8 Å². The van der Waals surface area contributed by atoms with Gasteiger partial charge in [0.25, 0.3) is 0 Å². The summed E-state index contributed by atoms with van der Waals surface area (Å²) in [6.07, 6.45) is 2.38. The molecule has 0 amide bonds. The lowest BCUT2D eigenvalue weighted by molar-refractivity contribution is 0.0954. The Kier molecular flexibility index (Phi) is 4.15. The average Bonchev–Trinajstić information content (AvgIpc) is 2.75. The van der Waals surface area contributed by atoms with E-state index in [4.69, 9.17) is 10.6 Å². The highest BCUT2D eigenvalue weighted by Crippen LogP contribution is 2.26. The zero-order chi connectivity index (χ0) is 12.3. The Balaban J connectivity index is 2.07. The molecule has 94 valence electrons. The molecule has 1 fully saturated rings. The van der Waals surface area contributed by atoms with Crippen molar-refractivity contribution in [3.63, 3.8) is 0 Å². The summed E-state index contributed by atoms with van der Waals surface area (Å²) in [4.78, 5) is 0. The van der Waals surface area contributed by atoms with E-state index in [-0.39, 0.29) is 0 Å². The van der Waals surface area contributed by atoms with Crippen LogP contribution in [0.2, 0.25) is 0 Å². The van der Waals surface area contributed by atoms with Crippen molar-refractivity contribution in [1.29, 1.82) is 0 Å². The lowest BCUT2D eigenvalue weighted by Crippen LogP contribution is -2.44. The van der Waals surface area contributed by atoms with E-state index in [2.05, 4.69) is 43.5 Å². The summed E-state index contributed by atoms with van der Waals surface area (Å²) in [5, 5.41) is 0. The summed E-state index contributed by atoms with van der Waals surface area (Å²) in [5.41, 5.74) is 5.67. The predicted molar refractivity (Wildman–Crippen MR) is 69.5 cm³/mol. The standard InChI is InChI=1S/C14H22N2O/c1-10-5-3-4-6-12(10)9-14(16-15)13-7-8-17-11(13)2/h3-6,11,13-14,16H,7-9,15H2,1-2H3. The fourth-order valence-corrected chi connectivity index (χ4v) is 2.69. The first-order valence-corrected chi connectivity index (χ1v) is 6.34. The lowest BCUT2D eigenvalue weighted by atomic mass is 9.88. The second-order valence-electron chi connectivity index (χ2n) is 4.93. The van der Waals surface area contributed by atoms with Crippen LogP contribution in [0.15, 0.2) is 24.3 Å². The third kappa shape index (κ3) is 2.86. The molecule has 1 aromatic carbocycles. The van der Waals surface area contributed by atoms with E-state index in [1.807, 2.05) is 0 Å². The maximum atomic E-state index is 5.71. The lowest BCUT2D eigenvalue weighted by Gasteiger charge is -2.25. The largest absolute Gasteiger partial charge is 0.378 e. The minimum atomic E-state index is 0.300. The number of aryl methyl sites for hydroxylation is 1. The van der Waals surface area contributed by atoms with Crippen LogP contribution in [0, 0.1) is 12.8 Å². The number of ether oxygens (including phenoxy) is 1. The summed E-state index contributed by atoms with van der Waals surface area (Å²) in [5.74, 6) is 6.22. The normalized spacial score (nSPS) is 26.1. The van der Waals surface area contributed by atoms with Crippen LogP contribution >= 0.6 is 0 Å². The van der Waals surface area contributed by atoms with E-state index in [1.54, 1.807) is 0 Å². The second-order valence-corrected chi connectivity index (χ2v) is 4.93. The van der Waals surface area contributed by atoms with Crippen LogP contribution < -0.4 is 11.3 Å². The van der Waals surface area contributed by atoms with Crippen molar-refractivity contribution in [2.24, 2.45) is 11.8 Å². The molecule has 0 spiro atoms. The van der Waals surface area contributed by atoms with Gasteiger partial charge in [-0.3, -0.25) is 11.3 Å².